The fraction of sp³-hybridized carbons (Fsp3) is 0.286. The van der Waals surface area contributed by atoms with Crippen molar-refractivity contribution in [2.75, 3.05) is 20.1 Å². The van der Waals surface area contributed by atoms with Gasteiger partial charge in [0.2, 0.25) is 0 Å². The van der Waals surface area contributed by atoms with Crippen molar-refractivity contribution in [1.29, 1.82) is 5.26 Å². The maximum atomic E-state index is 13.5. The standard InChI is InChI=1S/C28H28ClN5O2S/c1-33(18-22-11-4-3-9-20(22)16-30)28(36)26-24(32-19-34-13-7-2-8-14-34)15-25(37-26)27(35)31-17-21-10-5-6-12-23(21)29/h3-6,9-12,15,19H,2,7-8,13-14,17-18H2,1H3,(H,31,35)/b32-19+. The van der Waals surface area contributed by atoms with Crippen molar-refractivity contribution < 1.29 is 9.59 Å². The van der Waals surface area contributed by atoms with Crippen molar-refractivity contribution in [3.05, 3.63) is 86.1 Å². The Morgan fingerprint density at radius 1 is 1.14 bits per heavy atom. The van der Waals surface area contributed by atoms with Gasteiger partial charge in [0.1, 0.15) is 4.88 Å². The summed E-state index contributed by atoms with van der Waals surface area (Å²) in [5.41, 5.74) is 2.55. The van der Waals surface area contributed by atoms with Gasteiger partial charge in [0.15, 0.2) is 0 Å². The van der Waals surface area contributed by atoms with Crippen LogP contribution in [0.15, 0.2) is 59.6 Å². The zero-order valence-corrected chi connectivity index (χ0v) is 22.2. The predicted octanol–water partition coefficient (Wildman–Crippen LogP) is 5.62. The van der Waals surface area contributed by atoms with Crippen molar-refractivity contribution in [2.24, 2.45) is 4.99 Å². The maximum absolute atomic E-state index is 13.5. The van der Waals surface area contributed by atoms with Crippen molar-refractivity contribution >= 4 is 46.8 Å². The summed E-state index contributed by atoms with van der Waals surface area (Å²) in [6.45, 7) is 2.39. The quantitative estimate of drug-likeness (QED) is 0.300. The highest BCUT2D eigenvalue weighted by Crippen LogP contribution is 2.31. The molecule has 4 rings (SSSR count). The van der Waals surface area contributed by atoms with E-state index in [2.05, 4.69) is 21.3 Å². The molecule has 1 aliphatic heterocycles. The molecule has 2 heterocycles. The van der Waals surface area contributed by atoms with Gasteiger partial charge in [-0.3, -0.25) is 9.59 Å². The maximum Gasteiger partial charge on any atom is 0.266 e. The molecule has 0 saturated carbocycles. The van der Waals surface area contributed by atoms with E-state index < -0.39 is 0 Å². The fourth-order valence-electron chi connectivity index (χ4n) is 4.09. The molecular weight excluding hydrogens is 506 g/mol. The second kappa shape index (κ2) is 12.5. The van der Waals surface area contributed by atoms with Gasteiger partial charge in [-0.2, -0.15) is 5.26 Å². The van der Waals surface area contributed by atoms with Crippen LogP contribution in [0.25, 0.3) is 0 Å². The molecule has 1 saturated heterocycles. The summed E-state index contributed by atoms with van der Waals surface area (Å²) in [5, 5.41) is 12.9. The van der Waals surface area contributed by atoms with E-state index in [1.165, 1.54) is 6.42 Å². The molecule has 0 aliphatic carbocycles. The van der Waals surface area contributed by atoms with Crippen molar-refractivity contribution in [3.8, 4) is 6.07 Å². The lowest BCUT2D eigenvalue weighted by Crippen LogP contribution is -2.28. The summed E-state index contributed by atoms with van der Waals surface area (Å²) >= 11 is 7.34. The number of aliphatic imine (C=N–C) groups is 1. The Balaban J connectivity index is 1.56. The van der Waals surface area contributed by atoms with Gasteiger partial charge in [0.25, 0.3) is 11.8 Å². The Bertz CT molecular complexity index is 1340. The molecule has 2 amide bonds. The summed E-state index contributed by atoms with van der Waals surface area (Å²) in [6, 6.07) is 18.4. The number of piperidine rings is 1. The third-order valence-corrected chi connectivity index (χ3v) is 7.65. The summed E-state index contributed by atoms with van der Waals surface area (Å²) in [7, 11) is 1.69. The van der Waals surface area contributed by atoms with Crippen molar-refractivity contribution in [1.82, 2.24) is 15.1 Å². The predicted molar refractivity (Wildman–Crippen MR) is 147 cm³/mol. The van der Waals surface area contributed by atoms with Gasteiger partial charge in [-0.25, -0.2) is 4.99 Å². The molecule has 3 aromatic rings. The minimum Gasteiger partial charge on any atom is -0.363 e. The van der Waals surface area contributed by atoms with E-state index in [1.54, 1.807) is 42.6 Å². The SMILES string of the molecule is CN(Cc1ccccc1C#N)C(=O)c1sc(C(=O)NCc2ccccc2Cl)cc1/N=C/N1CCCCC1. The number of hydrogen-bond donors (Lipinski definition) is 1. The van der Waals surface area contributed by atoms with Crippen LogP contribution in [0.3, 0.4) is 0 Å². The lowest BCUT2D eigenvalue weighted by atomic mass is 10.1. The normalized spacial score (nSPS) is 13.4. The summed E-state index contributed by atoms with van der Waals surface area (Å²) in [4.78, 5) is 35.6. The van der Waals surface area contributed by atoms with Gasteiger partial charge in [-0.1, -0.05) is 48.0 Å². The molecule has 1 aromatic heterocycles. The lowest BCUT2D eigenvalue weighted by Gasteiger charge is -2.23. The molecule has 0 bridgehead atoms. The molecule has 0 radical (unpaired) electrons. The van der Waals surface area contributed by atoms with Gasteiger partial charge < -0.3 is 15.1 Å². The van der Waals surface area contributed by atoms with Crippen molar-refractivity contribution in [2.45, 2.75) is 32.4 Å². The van der Waals surface area contributed by atoms with Gasteiger partial charge in [-0.05, 0) is 48.6 Å². The molecule has 37 heavy (non-hydrogen) atoms. The van der Waals surface area contributed by atoms with E-state index >= 15 is 0 Å². The summed E-state index contributed by atoms with van der Waals surface area (Å²) in [5.74, 6) is -0.551. The second-order valence-electron chi connectivity index (χ2n) is 8.87. The zero-order chi connectivity index (χ0) is 26.2. The number of nitrogens with one attached hydrogen (secondary N) is 1. The molecule has 1 aliphatic rings. The molecule has 1 N–H and O–H groups in total. The van der Waals surface area contributed by atoms with Crippen LogP contribution >= 0.6 is 22.9 Å². The van der Waals surface area contributed by atoms with E-state index in [1.807, 2.05) is 30.3 Å². The van der Waals surface area contributed by atoms with Crippen molar-refractivity contribution in [3.63, 3.8) is 0 Å². The minimum absolute atomic E-state index is 0.256. The molecule has 0 spiro atoms. The van der Waals surface area contributed by atoms with E-state index in [0.717, 1.165) is 48.4 Å². The second-order valence-corrected chi connectivity index (χ2v) is 10.3. The number of carbonyl (C=O) groups is 2. The summed E-state index contributed by atoms with van der Waals surface area (Å²) < 4.78 is 0. The Morgan fingerprint density at radius 2 is 1.84 bits per heavy atom. The number of amides is 2. The zero-order valence-electron chi connectivity index (χ0n) is 20.6. The number of halogens is 1. The van der Waals surface area contributed by atoms with Crippen LogP contribution in [0.5, 0.6) is 0 Å². The third kappa shape index (κ3) is 6.76. The Morgan fingerprint density at radius 3 is 2.57 bits per heavy atom. The number of nitrogens with zero attached hydrogens (tertiary/aromatic N) is 4. The van der Waals surface area contributed by atoms with E-state index in [0.29, 0.717) is 26.0 Å². The highest BCUT2D eigenvalue weighted by molar-refractivity contribution is 7.16. The first-order chi connectivity index (χ1) is 18.0. The van der Waals surface area contributed by atoms with Crippen LogP contribution in [0, 0.1) is 11.3 Å². The Hall–Kier alpha value is -3.67. The van der Waals surface area contributed by atoms with Gasteiger partial charge in [0, 0.05) is 38.2 Å². The van der Waals surface area contributed by atoms with Gasteiger partial charge >= 0.3 is 0 Å². The first-order valence-corrected chi connectivity index (χ1v) is 13.3. The minimum atomic E-state index is -0.295. The Kier molecular flexibility index (Phi) is 8.94. The average Bonchev–Trinajstić information content (AvgIpc) is 3.36. The van der Waals surface area contributed by atoms with Crippen LogP contribution in [0.1, 0.15) is 55.3 Å². The first kappa shape index (κ1) is 26.4. The average molecular weight is 534 g/mol. The van der Waals surface area contributed by atoms with E-state index in [9.17, 15) is 14.9 Å². The monoisotopic (exact) mass is 533 g/mol. The molecule has 190 valence electrons. The van der Waals surface area contributed by atoms with E-state index in [-0.39, 0.29) is 24.9 Å². The number of rotatable bonds is 8. The lowest BCUT2D eigenvalue weighted by molar-refractivity contribution is 0.0790. The smallest absolute Gasteiger partial charge is 0.266 e. The van der Waals surface area contributed by atoms with Crippen LogP contribution in [-0.2, 0) is 13.1 Å². The number of hydrogen-bond acceptors (Lipinski definition) is 5. The molecule has 1 fully saturated rings. The number of benzene rings is 2. The van der Waals surface area contributed by atoms with Crippen LogP contribution in [-0.4, -0.2) is 48.1 Å². The van der Waals surface area contributed by atoms with Crippen LogP contribution in [0.4, 0.5) is 5.69 Å². The largest absolute Gasteiger partial charge is 0.363 e. The van der Waals surface area contributed by atoms with Gasteiger partial charge in [0.05, 0.1) is 28.5 Å². The Labute approximate surface area is 226 Å². The van der Waals surface area contributed by atoms with Crippen LogP contribution in [0.2, 0.25) is 5.02 Å². The highest BCUT2D eigenvalue weighted by atomic mass is 35.5. The van der Waals surface area contributed by atoms with E-state index in [4.69, 9.17) is 11.6 Å². The van der Waals surface area contributed by atoms with Crippen LogP contribution < -0.4 is 5.32 Å². The number of thiophene rings is 1. The number of nitriles is 1. The fourth-order valence-corrected chi connectivity index (χ4v) is 5.31. The van der Waals surface area contributed by atoms with Gasteiger partial charge in [-0.15, -0.1) is 11.3 Å². The molecular formula is C28H28ClN5O2S. The topological polar surface area (TPSA) is 88.8 Å². The third-order valence-electron chi connectivity index (χ3n) is 6.17. The molecule has 0 unspecified atom stereocenters. The number of likely N-dealkylation sites (tertiary alicyclic amines) is 1. The molecule has 2 aromatic carbocycles. The first-order valence-electron chi connectivity index (χ1n) is 12.1. The summed E-state index contributed by atoms with van der Waals surface area (Å²) in [6.07, 6.45) is 5.20. The molecule has 9 heteroatoms. The molecule has 0 atom stereocenters. The highest BCUT2D eigenvalue weighted by Gasteiger charge is 2.23. The molecule has 7 nitrogen and oxygen atoms in total. The number of carbonyl (C=O) groups excluding carboxylic acids is 2.